The van der Waals surface area contributed by atoms with Gasteiger partial charge in [0.25, 0.3) is 0 Å². The quantitative estimate of drug-likeness (QED) is 0.837. The molecule has 4 nitrogen and oxygen atoms in total. The van der Waals surface area contributed by atoms with Crippen LogP contribution in [0.3, 0.4) is 0 Å². The fourth-order valence-electron chi connectivity index (χ4n) is 1.86. The van der Waals surface area contributed by atoms with E-state index in [1.165, 1.54) is 4.90 Å². The lowest BCUT2D eigenvalue weighted by Gasteiger charge is -2.23. The number of hydrogen-bond acceptors (Lipinski definition) is 2. The molecule has 0 aliphatic carbocycles. The molecule has 0 radical (unpaired) electrons. The van der Waals surface area contributed by atoms with Gasteiger partial charge in [-0.3, -0.25) is 9.59 Å². The molecule has 2 amide bonds. The van der Waals surface area contributed by atoms with Crippen LogP contribution in [0.5, 0.6) is 0 Å². The van der Waals surface area contributed by atoms with Gasteiger partial charge in [-0.2, -0.15) is 13.2 Å². The Morgan fingerprint density at radius 2 is 2.06 bits per heavy atom. The third kappa shape index (κ3) is 4.54. The fourth-order valence-corrected chi connectivity index (χ4v) is 1.86. The molecule has 0 aromatic heterocycles. The first kappa shape index (κ1) is 14.8. The lowest BCUT2D eigenvalue weighted by molar-refractivity contribution is -0.141. The molecule has 104 valence electrons. The van der Waals surface area contributed by atoms with Crippen LogP contribution in [0.25, 0.3) is 0 Å². The van der Waals surface area contributed by atoms with Crippen molar-refractivity contribution >= 4 is 11.8 Å². The molecule has 1 aliphatic rings. The lowest BCUT2D eigenvalue weighted by Crippen LogP contribution is -2.44. The summed E-state index contributed by atoms with van der Waals surface area (Å²) >= 11 is 0. The molecule has 1 atom stereocenters. The van der Waals surface area contributed by atoms with Crippen LogP contribution in [0.2, 0.25) is 0 Å². The van der Waals surface area contributed by atoms with Crippen molar-refractivity contribution in [3.05, 3.63) is 0 Å². The summed E-state index contributed by atoms with van der Waals surface area (Å²) in [6.07, 6.45) is -4.64. The van der Waals surface area contributed by atoms with Crippen LogP contribution in [0.1, 0.15) is 32.6 Å². The SMILES string of the molecule is CCC1NC(=O)CCN(CCCC(F)(F)F)C1=O. The van der Waals surface area contributed by atoms with Crippen molar-refractivity contribution in [1.82, 2.24) is 10.2 Å². The predicted octanol–water partition coefficient (Wildman–Crippen LogP) is 1.46. The Bertz CT molecular complexity index is 318. The summed E-state index contributed by atoms with van der Waals surface area (Å²) in [5, 5.41) is 2.56. The van der Waals surface area contributed by atoms with E-state index >= 15 is 0 Å². The molecule has 0 spiro atoms. The number of nitrogens with zero attached hydrogens (tertiary/aromatic N) is 1. The van der Waals surface area contributed by atoms with Gasteiger partial charge in [-0.15, -0.1) is 0 Å². The van der Waals surface area contributed by atoms with Crippen molar-refractivity contribution < 1.29 is 22.8 Å². The average molecular weight is 266 g/mol. The molecule has 1 N–H and O–H groups in total. The normalized spacial score (nSPS) is 21.8. The van der Waals surface area contributed by atoms with Crippen molar-refractivity contribution in [2.75, 3.05) is 13.1 Å². The molecule has 1 unspecified atom stereocenters. The van der Waals surface area contributed by atoms with Gasteiger partial charge in [0.2, 0.25) is 11.8 Å². The van der Waals surface area contributed by atoms with Crippen LogP contribution in [-0.2, 0) is 9.59 Å². The van der Waals surface area contributed by atoms with Crippen molar-refractivity contribution in [3.63, 3.8) is 0 Å². The third-order valence-corrected chi connectivity index (χ3v) is 2.85. The maximum Gasteiger partial charge on any atom is 0.389 e. The Balaban J connectivity index is 2.52. The average Bonchev–Trinajstić information content (AvgIpc) is 2.39. The molecule has 18 heavy (non-hydrogen) atoms. The molecule has 0 aromatic rings. The number of alkyl halides is 3. The number of amides is 2. The topological polar surface area (TPSA) is 49.4 Å². The zero-order valence-corrected chi connectivity index (χ0v) is 10.2. The van der Waals surface area contributed by atoms with E-state index in [1.54, 1.807) is 6.92 Å². The van der Waals surface area contributed by atoms with Crippen molar-refractivity contribution in [3.8, 4) is 0 Å². The minimum Gasteiger partial charge on any atom is -0.344 e. The number of nitrogens with one attached hydrogen (secondary N) is 1. The Morgan fingerprint density at radius 3 is 2.61 bits per heavy atom. The molecular formula is C11H17F3N2O2. The van der Waals surface area contributed by atoms with Gasteiger partial charge >= 0.3 is 6.18 Å². The largest absolute Gasteiger partial charge is 0.389 e. The van der Waals surface area contributed by atoms with Gasteiger partial charge < -0.3 is 10.2 Å². The van der Waals surface area contributed by atoms with E-state index in [-0.39, 0.29) is 37.7 Å². The van der Waals surface area contributed by atoms with Crippen molar-refractivity contribution in [2.45, 2.75) is 44.8 Å². The van der Waals surface area contributed by atoms with Crippen LogP contribution in [0, 0.1) is 0 Å². The number of rotatable bonds is 4. The van der Waals surface area contributed by atoms with Gasteiger partial charge in [-0.05, 0) is 12.8 Å². The van der Waals surface area contributed by atoms with E-state index in [9.17, 15) is 22.8 Å². The number of halogens is 3. The van der Waals surface area contributed by atoms with Crippen LogP contribution in [-0.4, -0.2) is 42.0 Å². The first-order valence-corrected chi connectivity index (χ1v) is 5.98. The maximum absolute atomic E-state index is 12.0. The van der Waals surface area contributed by atoms with Gasteiger partial charge in [0.1, 0.15) is 6.04 Å². The Kier molecular flexibility index (Phi) is 4.98. The zero-order chi connectivity index (χ0) is 13.8. The Morgan fingerprint density at radius 1 is 1.39 bits per heavy atom. The summed E-state index contributed by atoms with van der Waals surface area (Å²) in [5.41, 5.74) is 0. The van der Waals surface area contributed by atoms with Crippen LogP contribution in [0.4, 0.5) is 13.2 Å². The minimum absolute atomic E-state index is 0.0454. The van der Waals surface area contributed by atoms with E-state index in [2.05, 4.69) is 5.32 Å². The summed E-state index contributed by atoms with van der Waals surface area (Å²) in [6, 6.07) is -0.606. The third-order valence-electron chi connectivity index (χ3n) is 2.85. The summed E-state index contributed by atoms with van der Waals surface area (Å²) in [4.78, 5) is 24.6. The van der Waals surface area contributed by atoms with Crippen LogP contribution >= 0.6 is 0 Å². The van der Waals surface area contributed by atoms with Gasteiger partial charge in [0, 0.05) is 25.9 Å². The van der Waals surface area contributed by atoms with Gasteiger partial charge in [-0.25, -0.2) is 0 Å². The van der Waals surface area contributed by atoms with Crippen LogP contribution < -0.4 is 5.32 Å². The van der Waals surface area contributed by atoms with Gasteiger partial charge in [0.15, 0.2) is 0 Å². The summed E-state index contributed by atoms with van der Waals surface area (Å²) < 4.78 is 36.1. The predicted molar refractivity (Wildman–Crippen MR) is 58.7 cm³/mol. The number of carbonyl (C=O) groups excluding carboxylic acids is 2. The molecular weight excluding hydrogens is 249 g/mol. The van der Waals surface area contributed by atoms with Gasteiger partial charge in [0.05, 0.1) is 0 Å². The molecule has 1 heterocycles. The summed E-state index contributed by atoms with van der Waals surface area (Å²) in [6.45, 7) is 1.99. The molecule has 1 fully saturated rings. The highest BCUT2D eigenvalue weighted by atomic mass is 19.4. The highest BCUT2D eigenvalue weighted by Gasteiger charge is 2.30. The van der Waals surface area contributed by atoms with Crippen LogP contribution in [0.15, 0.2) is 0 Å². The second-order valence-corrected chi connectivity index (χ2v) is 4.32. The Labute approximate surface area is 104 Å². The number of hydrogen-bond donors (Lipinski definition) is 1. The second-order valence-electron chi connectivity index (χ2n) is 4.32. The molecule has 1 aliphatic heterocycles. The molecule has 0 aromatic carbocycles. The van der Waals surface area contributed by atoms with E-state index in [0.29, 0.717) is 6.42 Å². The lowest BCUT2D eigenvalue weighted by atomic mass is 10.2. The summed E-state index contributed by atoms with van der Waals surface area (Å²) in [5.74, 6) is -0.515. The van der Waals surface area contributed by atoms with Crippen molar-refractivity contribution in [2.24, 2.45) is 0 Å². The first-order valence-electron chi connectivity index (χ1n) is 5.98. The zero-order valence-electron chi connectivity index (χ0n) is 10.2. The summed E-state index contributed by atoms with van der Waals surface area (Å²) in [7, 11) is 0. The van der Waals surface area contributed by atoms with E-state index in [0.717, 1.165) is 0 Å². The molecule has 7 heteroatoms. The Hall–Kier alpha value is -1.27. The minimum atomic E-state index is -4.20. The first-order chi connectivity index (χ1) is 8.33. The standard InChI is InChI=1S/C11H17F3N2O2/c1-2-8-10(18)16(7-4-9(17)15-8)6-3-5-11(12,13)14/h8H,2-7H2,1H3,(H,15,17). The van der Waals surface area contributed by atoms with Crippen molar-refractivity contribution in [1.29, 1.82) is 0 Å². The smallest absolute Gasteiger partial charge is 0.344 e. The van der Waals surface area contributed by atoms with Gasteiger partial charge in [-0.1, -0.05) is 6.92 Å². The number of carbonyl (C=O) groups is 2. The van der Waals surface area contributed by atoms with E-state index < -0.39 is 18.6 Å². The highest BCUT2D eigenvalue weighted by molar-refractivity contribution is 5.89. The molecule has 0 saturated carbocycles. The van der Waals surface area contributed by atoms with E-state index in [4.69, 9.17) is 0 Å². The molecule has 0 bridgehead atoms. The molecule has 1 saturated heterocycles. The fraction of sp³-hybridized carbons (Fsp3) is 0.818. The highest BCUT2D eigenvalue weighted by Crippen LogP contribution is 2.21. The monoisotopic (exact) mass is 266 g/mol. The maximum atomic E-state index is 12.0. The molecule has 1 rings (SSSR count). The van der Waals surface area contributed by atoms with E-state index in [1.807, 2.05) is 0 Å². The second kappa shape index (κ2) is 6.06.